The molecule has 2 aliphatic heterocycles. The van der Waals surface area contributed by atoms with Crippen molar-refractivity contribution in [2.24, 2.45) is 5.73 Å². The van der Waals surface area contributed by atoms with Crippen LogP contribution in [0.15, 0.2) is 0 Å². The Morgan fingerprint density at radius 1 is 0.895 bits per heavy atom. The second-order valence-corrected chi connectivity index (χ2v) is 5.81. The molecule has 5 nitrogen and oxygen atoms in total. The molecule has 0 aromatic heterocycles. The topological polar surface area (TPSA) is 47.8 Å². The summed E-state index contributed by atoms with van der Waals surface area (Å²) in [6, 6.07) is 0. The summed E-state index contributed by atoms with van der Waals surface area (Å²) in [6.45, 7) is 9.04. The monoisotopic (exact) mass is 287 g/mol. The maximum atomic E-state index is 5.52. The minimum Gasteiger partial charge on any atom is -0.376 e. The van der Waals surface area contributed by atoms with Crippen LogP contribution in [0.5, 0.6) is 0 Å². The van der Waals surface area contributed by atoms with Gasteiger partial charge in [0.05, 0.1) is 0 Å². The van der Waals surface area contributed by atoms with Gasteiger partial charge >= 0.3 is 0 Å². The lowest BCUT2D eigenvalue weighted by molar-refractivity contribution is 0.346. The molecule has 0 aromatic carbocycles. The lowest BCUT2D eigenvalue weighted by atomic mass is 10.4. The predicted molar refractivity (Wildman–Crippen MR) is 85.5 cm³/mol. The molecular formula is C13H29N5S. The molecule has 0 aliphatic carbocycles. The highest BCUT2D eigenvalue weighted by atomic mass is 32.1. The Labute approximate surface area is 123 Å². The Bertz CT molecular complexity index is 253. The summed E-state index contributed by atoms with van der Waals surface area (Å²) in [4.78, 5) is 6.73. The molecule has 0 spiro atoms. The van der Waals surface area contributed by atoms with Crippen LogP contribution in [0.3, 0.4) is 0 Å². The van der Waals surface area contributed by atoms with Gasteiger partial charge in [-0.05, 0) is 58.8 Å². The molecule has 0 bridgehead atoms. The van der Waals surface area contributed by atoms with E-state index >= 15 is 0 Å². The summed E-state index contributed by atoms with van der Waals surface area (Å²) in [5.41, 5.74) is 5.52. The summed E-state index contributed by atoms with van der Waals surface area (Å²) in [6.07, 6.45) is 2.46. The zero-order chi connectivity index (χ0) is 14.1. The quantitative estimate of drug-likeness (QED) is 0.601. The third kappa shape index (κ3) is 7.67. The lowest BCUT2D eigenvalue weighted by Crippen LogP contribution is -2.37. The highest BCUT2D eigenvalue weighted by Gasteiger charge is 2.11. The molecule has 19 heavy (non-hydrogen) atoms. The first-order valence-corrected chi connectivity index (χ1v) is 7.62. The number of nitrogens with one attached hydrogen (secondary N) is 1. The SMILES string of the molecule is CN1CCCN(C(N)=S)CC1.CN1CCCNCC1. The fraction of sp³-hybridized carbons (Fsp3) is 0.923. The summed E-state index contributed by atoms with van der Waals surface area (Å²) >= 11 is 4.90. The smallest absolute Gasteiger partial charge is 0.166 e. The van der Waals surface area contributed by atoms with Gasteiger partial charge < -0.3 is 25.8 Å². The lowest BCUT2D eigenvalue weighted by Gasteiger charge is -2.19. The molecule has 112 valence electrons. The van der Waals surface area contributed by atoms with Crippen LogP contribution in [-0.4, -0.2) is 86.3 Å². The molecule has 6 heteroatoms. The van der Waals surface area contributed by atoms with E-state index in [0.29, 0.717) is 5.11 Å². The van der Waals surface area contributed by atoms with E-state index in [1.807, 2.05) is 0 Å². The van der Waals surface area contributed by atoms with E-state index in [1.54, 1.807) is 0 Å². The first-order valence-electron chi connectivity index (χ1n) is 7.22. The van der Waals surface area contributed by atoms with Crippen molar-refractivity contribution in [2.45, 2.75) is 12.8 Å². The molecular weight excluding hydrogens is 258 g/mol. The second kappa shape index (κ2) is 9.47. The molecule has 3 N–H and O–H groups in total. The molecule has 2 fully saturated rings. The van der Waals surface area contributed by atoms with Crippen molar-refractivity contribution in [1.82, 2.24) is 20.0 Å². The van der Waals surface area contributed by atoms with Gasteiger partial charge in [0, 0.05) is 32.7 Å². The fourth-order valence-electron chi connectivity index (χ4n) is 2.25. The van der Waals surface area contributed by atoms with Gasteiger partial charge in [0.1, 0.15) is 0 Å². The average molecular weight is 287 g/mol. The van der Waals surface area contributed by atoms with Gasteiger partial charge in [0.2, 0.25) is 0 Å². The molecule has 2 rings (SSSR count). The molecule has 2 heterocycles. The number of thiocarbonyl (C=S) groups is 1. The minimum atomic E-state index is 0.542. The zero-order valence-corrected chi connectivity index (χ0v) is 13.2. The highest BCUT2D eigenvalue weighted by molar-refractivity contribution is 7.80. The van der Waals surface area contributed by atoms with E-state index < -0.39 is 0 Å². The summed E-state index contributed by atoms with van der Waals surface area (Å²) in [5.74, 6) is 0. The van der Waals surface area contributed by atoms with E-state index in [9.17, 15) is 0 Å². The first-order chi connectivity index (χ1) is 9.09. The van der Waals surface area contributed by atoms with Crippen LogP contribution >= 0.6 is 12.2 Å². The van der Waals surface area contributed by atoms with E-state index in [1.165, 1.54) is 26.1 Å². The minimum absolute atomic E-state index is 0.542. The van der Waals surface area contributed by atoms with Gasteiger partial charge in [-0.25, -0.2) is 0 Å². The van der Waals surface area contributed by atoms with E-state index in [2.05, 4.69) is 34.1 Å². The number of rotatable bonds is 0. The normalized spacial score (nSPS) is 22.9. The number of nitrogens with zero attached hydrogens (tertiary/aromatic N) is 3. The van der Waals surface area contributed by atoms with Gasteiger partial charge in [-0.1, -0.05) is 0 Å². The number of nitrogens with two attached hydrogens (primary N) is 1. The summed E-state index contributed by atoms with van der Waals surface area (Å²) in [7, 11) is 4.30. The molecule has 2 aliphatic rings. The zero-order valence-electron chi connectivity index (χ0n) is 12.4. The van der Waals surface area contributed by atoms with Crippen molar-refractivity contribution in [2.75, 3.05) is 66.5 Å². The Hall–Kier alpha value is -0.430. The van der Waals surface area contributed by atoms with Crippen LogP contribution in [0.2, 0.25) is 0 Å². The maximum absolute atomic E-state index is 5.52. The standard InChI is InChI=1S/C7H15N3S.C6H14N2/c1-9-3-2-4-10(6-5-9)7(8)11;1-8-5-2-3-7-4-6-8/h2-6H2,1H3,(H2,8,11);7H,2-6H2,1H3. The van der Waals surface area contributed by atoms with Gasteiger partial charge in [-0.2, -0.15) is 0 Å². The Kier molecular flexibility index (Phi) is 8.29. The molecule has 0 radical (unpaired) electrons. The van der Waals surface area contributed by atoms with Crippen molar-refractivity contribution < 1.29 is 0 Å². The van der Waals surface area contributed by atoms with E-state index in [-0.39, 0.29) is 0 Å². The summed E-state index contributed by atoms with van der Waals surface area (Å²) < 4.78 is 0. The predicted octanol–water partition coefficient (Wildman–Crippen LogP) is -0.221. The molecule has 0 unspecified atom stereocenters. The second-order valence-electron chi connectivity index (χ2n) is 5.39. The van der Waals surface area contributed by atoms with Crippen molar-refractivity contribution in [3.8, 4) is 0 Å². The number of likely N-dealkylation sites (N-methyl/N-ethyl adjacent to an activating group) is 2. The van der Waals surface area contributed by atoms with Crippen LogP contribution < -0.4 is 11.1 Å². The fourth-order valence-corrected chi connectivity index (χ4v) is 2.43. The molecule has 0 amide bonds. The van der Waals surface area contributed by atoms with Crippen molar-refractivity contribution in [3.05, 3.63) is 0 Å². The van der Waals surface area contributed by atoms with Crippen molar-refractivity contribution in [1.29, 1.82) is 0 Å². The van der Waals surface area contributed by atoms with Crippen molar-refractivity contribution in [3.63, 3.8) is 0 Å². The van der Waals surface area contributed by atoms with Crippen LogP contribution in [-0.2, 0) is 0 Å². The third-order valence-electron chi connectivity index (χ3n) is 3.59. The number of hydrogen-bond acceptors (Lipinski definition) is 4. The highest BCUT2D eigenvalue weighted by Crippen LogP contribution is 1.99. The first kappa shape index (κ1) is 16.6. The van der Waals surface area contributed by atoms with Gasteiger partial charge in [-0.3, -0.25) is 0 Å². The average Bonchev–Trinajstić information content (AvgIpc) is 2.72. The van der Waals surface area contributed by atoms with Crippen LogP contribution in [0.25, 0.3) is 0 Å². The Morgan fingerprint density at radius 3 is 2.32 bits per heavy atom. The maximum Gasteiger partial charge on any atom is 0.166 e. The van der Waals surface area contributed by atoms with Gasteiger partial charge in [0.15, 0.2) is 5.11 Å². The summed E-state index contributed by atoms with van der Waals surface area (Å²) in [5, 5.41) is 3.88. The van der Waals surface area contributed by atoms with Crippen molar-refractivity contribution >= 4 is 17.3 Å². The van der Waals surface area contributed by atoms with Crippen LogP contribution in [0, 0.1) is 0 Å². The molecule has 0 aromatic rings. The Morgan fingerprint density at radius 2 is 1.58 bits per heavy atom. The van der Waals surface area contributed by atoms with Gasteiger partial charge in [0.25, 0.3) is 0 Å². The molecule has 0 atom stereocenters. The van der Waals surface area contributed by atoms with Crippen LogP contribution in [0.4, 0.5) is 0 Å². The Balaban J connectivity index is 0.000000200. The number of hydrogen-bond donors (Lipinski definition) is 2. The molecule has 2 saturated heterocycles. The third-order valence-corrected chi connectivity index (χ3v) is 3.85. The molecule has 0 saturated carbocycles. The van der Waals surface area contributed by atoms with E-state index in [4.69, 9.17) is 18.0 Å². The van der Waals surface area contributed by atoms with E-state index in [0.717, 1.165) is 39.1 Å². The van der Waals surface area contributed by atoms with Crippen LogP contribution in [0.1, 0.15) is 12.8 Å². The van der Waals surface area contributed by atoms with Gasteiger partial charge in [-0.15, -0.1) is 0 Å². The largest absolute Gasteiger partial charge is 0.376 e.